The highest BCUT2D eigenvalue weighted by Crippen LogP contribution is 2.29. The van der Waals surface area contributed by atoms with Gasteiger partial charge in [-0.2, -0.15) is 18.4 Å². The maximum atomic E-state index is 13.1. The average molecular weight is 423 g/mol. The topological polar surface area (TPSA) is 131 Å². The number of hydrogen-bond donors (Lipinski definition) is 2. The molecule has 0 spiro atoms. The van der Waals surface area contributed by atoms with Gasteiger partial charge in [-0.3, -0.25) is 4.79 Å². The minimum absolute atomic E-state index is 0.0461. The summed E-state index contributed by atoms with van der Waals surface area (Å²) in [7, 11) is -4.10. The van der Waals surface area contributed by atoms with Crippen LogP contribution in [0.25, 0.3) is 20.8 Å². The van der Waals surface area contributed by atoms with Gasteiger partial charge >= 0.3 is 0 Å². The number of nitrogens with one attached hydrogen (secondary N) is 1. The van der Waals surface area contributed by atoms with Gasteiger partial charge in [-0.1, -0.05) is 30.3 Å². The lowest BCUT2D eigenvalue weighted by Crippen LogP contribution is -2.36. The lowest BCUT2D eigenvalue weighted by molar-refractivity contribution is 0.595. The zero-order valence-corrected chi connectivity index (χ0v) is 16.4. The molecule has 3 N–H and O–H groups in total. The number of thiazole rings is 1. The number of nitrogens with two attached hydrogens (primary N) is 1. The summed E-state index contributed by atoms with van der Waals surface area (Å²) in [5, 5.41) is 9.78. The summed E-state index contributed by atoms with van der Waals surface area (Å²) < 4.78 is 26.9. The molecular formula is C19H13N5O3S2. The van der Waals surface area contributed by atoms with E-state index in [0.717, 1.165) is 4.70 Å². The monoisotopic (exact) mass is 423 g/mol. The van der Waals surface area contributed by atoms with Gasteiger partial charge < -0.3 is 5.73 Å². The van der Waals surface area contributed by atoms with Gasteiger partial charge in [0.25, 0.3) is 15.6 Å². The van der Waals surface area contributed by atoms with E-state index < -0.39 is 15.6 Å². The van der Waals surface area contributed by atoms with E-state index in [1.807, 2.05) is 24.3 Å². The highest BCUT2D eigenvalue weighted by molar-refractivity contribution is 7.92. The molecule has 0 unspecified atom stereocenters. The van der Waals surface area contributed by atoms with E-state index in [1.54, 1.807) is 24.3 Å². The molecule has 144 valence electrons. The molecule has 8 nitrogen and oxygen atoms in total. The smallest absolute Gasteiger partial charge is 0.282 e. The number of benzene rings is 2. The minimum Gasteiger partial charge on any atom is -0.382 e. The van der Waals surface area contributed by atoms with E-state index in [-0.39, 0.29) is 21.8 Å². The van der Waals surface area contributed by atoms with E-state index in [4.69, 9.17) is 5.73 Å². The highest BCUT2D eigenvalue weighted by Gasteiger charge is 2.21. The van der Waals surface area contributed by atoms with Crippen molar-refractivity contribution in [2.45, 2.75) is 4.90 Å². The number of nitrogen functional groups attached to an aromatic ring is 1. The molecule has 4 rings (SSSR count). The van der Waals surface area contributed by atoms with Crippen molar-refractivity contribution in [3.8, 4) is 16.6 Å². The molecule has 4 aromatic rings. The number of nitriles is 1. The summed E-state index contributed by atoms with van der Waals surface area (Å²) in [5.74, 6) is -0.304. The van der Waals surface area contributed by atoms with Gasteiger partial charge in [0.05, 0.1) is 26.2 Å². The minimum atomic E-state index is -4.10. The molecule has 29 heavy (non-hydrogen) atoms. The summed E-state index contributed by atoms with van der Waals surface area (Å²) in [4.78, 5) is 19.6. The van der Waals surface area contributed by atoms with E-state index in [9.17, 15) is 18.5 Å². The number of hydrogen-bond acceptors (Lipinski definition) is 7. The SMILES string of the molecule is N#Cc1cc(-c2nc3ccccc3s2)c(=O)n(NS(=O)(=O)c2ccccc2)c1N. The Balaban J connectivity index is 1.90. The average Bonchev–Trinajstić information content (AvgIpc) is 3.16. The van der Waals surface area contributed by atoms with E-state index >= 15 is 0 Å². The first-order chi connectivity index (χ1) is 13.9. The number of fused-ring (bicyclic) bond motifs is 1. The lowest BCUT2D eigenvalue weighted by Gasteiger charge is -2.14. The van der Waals surface area contributed by atoms with Gasteiger partial charge in [0.15, 0.2) is 0 Å². The third-order valence-electron chi connectivity index (χ3n) is 4.15. The van der Waals surface area contributed by atoms with Crippen LogP contribution >= 0.6 is 11.3 Å². The summed E-state index contributed by atoms with van der Waals surface area (Å²) in [5.41, 5.74) is 5.90. The molecule has 0 aliphatic rings. The van der Waals surface area contributed by atoms with Gasteiger partial charge in [0.2, 0.25) is 0 Å². The summed E-state index contributed by atoms with van der Waals surface area (Å²) in [6.07, 6.45) is 0. The Morgan fingerprint density at radius 1 is 1.10 bits per heavy atom. The van der Waals surface area contributed by atoms with Gasteiger partial charge in [0.1, 0.15) is 16.9 Å². The zero-order chi connectivity index (χ0) is 20.6. The van der Waals surface area contributed by atoms with Crippen LogP contribution in [0.1, 0.15) is 5.56 Å². The largest absolute Gasteiger partial charge is 0.382 e. The van der Waals surface area contributed by atoms with Crippen LogP contribution in [-0.4, -0.2) is 18.1 Å². The standard InChI is InChI=1S/C19H13N5O3S2/c20-11-12-10-14(18-22-15-8-4-5-9-16(15)28-18)19(25)24(17(12)21)23-29(26,27)13-6-2-1-3-7-13/h1-10,23H,21H2. The number of nitrogens with zero attached hydrogens (tertiary/aromatic N) is 3. The maximum absolute atomic E-state index is 13.1. The van der Waals surface area contributed by atoms with Gasteiger partial charge in [0, 0.05) is 0 Å². The molecule has 0 amide bonds. The molecule has 0 atom stereocenters. The first kappa shape index (κ1) is 18.7. The fourth-order valence-corrected chi connectivity index (χ4v) is 4.74. The molecule has 0 bridgehead atoms. The molecule has 10 heteroatoms. The van der Waals surface area contributed by atoms with Gasteiger partial charge in [-0.05, 0) is 30.3 Å². The molecule has 2 heterocycles. The second-order valence-electron chi connectivity index (χ2n) is 6.00. The Morgan fingerprint density at radius 3 is 2.48 bits per heavy atom. The molecule has 0 saturated carbocycles. The molecular weight excluding hydrogens is 410 g/mol. The molecule has 0 fully saturated rings. The highest BCUT2D eigenvalue weighted by atomic mass is 32.2. The van der Waals surface area contributed by atoms with Crippen molar-refractivity contribution in [2.75, 3.05) is 10.6 Å². The zero-order valence-electron chi connectivity index (χ0n) is 14.7. The second kappa shape index (κ2) is 7.05. The number of pyridine rings is 1. The van der Waals surface area contributed by atoms with Gasteiger partial charge in [-0.15, -0.1) is 11.3 Å². The van der Waals surface area contributed by atoms with Crippen LogP contribution in [0.15, 0.2) is 70.4 Å². The van der Waals surface area contributed by atoms with Crippen molar-refractivity contribution >= 4 is 37.4 Å². The Morgan fingerprint density at radius 2 is 1.79 bits per heavy atom. The summed E-state index contributed by atoms with van der Waals surface area (Å²) in [6, 6.07) is 18.1. The fourth-order valence-electron chi connectivity index (χ4n) is 2.72. The van der Waals surface area contributed by atoms with Crippen molar-refractivity contribution in [2.24, 2.45) is 0 Å². The Labute approximate surface area is 169 Å². The third-order valence-corrected chi connectivity index (χ3v) is 6.53. The van der Waals surface area contributed by atoms with Crippen LogP contribution in [0.3, 0.4) is 0 Å². The Kier molecular flexibility index (Phi) is 4.54. The van der Waals surface area contributed by atoms with Crippen LogP contribution in [-0.2, 0) is 10.0 Å². The van der Waals surface area contributed by atoms with Crippen LogP contribution in [0.4, 0.5) is 5.82 Å². The van der Waals surface area contributed by atoms with E-state index in [0.29, 0.717) is 15.2 Å². The molecule has 0 aliphatic heterocycles. The third kappa shape index (κ3) is 3.33. The van der Waals surface area contributed by atoms with Crippen LogP contribution in [0.2, 0.25) is 0 Å². The van der Waals surface area contributed by atoms with E-state index in [1.165, 1.54) is 29.5 Å². The van der Waals surface area contributed by atoms with Crippen molar-refractivity contribution in [3.63, 3.8) is 0 Å². The number of aromatic nitrogens is 2. The molecule has 2 aromatic heterocycles. The molecule has 0 aliphatic carbocycles. The normalized spacial score (nSPS) is 11.3. The summed E-state index contributed by atoms with van der Waals surface area (Å²) >= 11 is 1.26. The number of anilines is 1. The molecule has 0 radical (unpaired) electrons. The first-order valence-corrected chi connectivity index (χ1v) is 10.6. The Hall–Kier alpha value is -3.68. The quantitative estimate of drug-likeness (QED) is 0.518. The fraction of sp³-hybridized carbons (Fsp3) is 0. The van der Waals surface area contributed by atoms with Crippen molar-refractivity contribution in [3.05, 3.63) is 76.6 Å². The molecule has 0 saturated heterocycles. The van der Waals surface area contributed by atoms with Crippen molar-refractivity contribution in [1.29, 1.82) is 5.26 Å². The predicted octanol–water partition coefficient (Wildman–Crippen LogP) is 2.51. The second-order valence-corrected chi connectivity index (χ2v) is 8.70. The number of rotatable bonds is 4. The number of sulfonamides is 1. The van der Waals surface area contributed by atoms with Crippen molar-refractivity contribution < 1.29 is 8.42 Å². The molecule has 2 aromatic carbocycles. The summed E-state index contributed by atoms with van der Waals surface area (Å²) in [6.45, 7) is 0. The van der Waals surface area contributed by atoms with Crippen LogP contribution in [0.5, 0.6) is 0 Å². The van der Waals surface area contributed by atoms with Crippen LogP contribution in [0, 0.1) is 11.3 Å². The van der Waals surface area contributed by atoms with E-state index in [2.05, 4.69) is 9.82 Å². The predicted molar refractivity (Wildman–Crippen MR) is 111 cm³/mol. The Bertz CT molecular complexity index is 1400. The van der Waals surface area contributed by atoms with Crippen molar-refractivity contribution in [1.82, 2.24) is 9.66 Å². The lowest BCUT2D eigenvalue weighted by atomic mass is 10.2. The van der Waals surface area contributed by atoms with Gasteiger partial charge in [-0.25, -0.2) is 9.82 Å². The number of para-hydroxylation sites is 1. The van der Waals surface area contributed by atoms with Crippen LogP contribution < -0.4 is 16.1 Å². The first-order valence-electron chi connectivity index (χ1n) is 8.30. The maximum Gasteiger partial charge on any atom is 0.282 e.